The zero-order chi connectivity index (χ0) is 19.0. The van der Waals surface area contributed by atoms with Crippen LogP contribution in [0.15, 0.2) is 6.07 Å². The summed E-state index contributed by atoms with van der Waals surface area (Å²) in [5.41, 5.74) is 3.52. The third kappa shape index (κ3) is 3.06. The number of hydrogen-bond donors (Lipinski definition) is 0. The Labute approximate surface area is 154 Å². The van der Waals surface area contributed by atoms with Gasteiger partial charge in [0, 0.05) is 31.5 Å². The van der Waals surface area contributed by atoms with Crippen molar-refractivity contribution in [3.8, 4) is 0 Å². The summed E-state index contributed by atoms with van der Waals surface area (Å²) >= 11 is 0. The molecule has 26 heavy (non-hydrogen) atoms. The van der Waals surface area contributed by atoms with E-state index in [1.165, 1.54) is 0 Å². The van der Waals surface area contributed by atoms with Gasteiger partial charge in [-0.15, -0.1) is 0 Å². The Morgan fingerprint density at radius 2 is 2.00 bits per heavy atom. The van der Waals surface area contributed by atoms with Crippen LogP contribution in [0.3, 0.4) is 0 Å². The zero-order valence-corrected chi connectivity index (χ0v) is 16.2. The van der Waals surface area contributed by atoms with Gasteiger partial charge in [0.15, 0.2) is 5.65 Å². The highest BCUT2D eigenvalue weighted by molar-refractivity contribution is 6.03. The number of carbonyl (C=O) groups is 2. The largest absolute Gasteiger partial charge is 0.342 e. The second kappa shape index (κ2) is 7.05. The molecule has 7 nitrogen and oxygen atoms in total. The quantitative estimate of drug-likeness (QED) is 0.840. The van der Waals surface area contributed by atoms with E-state index in [1.807, 2.05) is 26.8 Å². The van der Waals surface area contributed by atoms with Crippen molar-refractivity contribution < 1.29 is 9.59 Å². The monoisotopic (exact) mass is 357 g/mol. The van der Waals surface area contributed by atoms with Crippen LogP contribution in [-0.4, -0.2) is 62.4 Å². The predicted molar refractivity (Wildman–Crippen MR) is 99.2 cm³/mol. The van der Waals surface area contributed by atoms with E-state index < -0.39 is 6.04 Å². The number of rotatable bonds is 4. The number of nitrogens with zero attached hydrogens (tertiary/aromatic N) is 5. The van der Waals surface area contributed by atoms with Gasteiger partial charge in [-0.2, -0.15) is 5.10 Å². The fourth-order valence-corrected chi connectivity index (χ4v) is 3.65. The molecule has 0 unspecified atom stereocenters. The molecule has 0 radical (unpaired) electrons. The first-order chi connectivity index (χ1) is 12.3. The first-order valence-corrected chi connectivity index (χ1v) is 9.24. The number of amides is 2. The van der Waals surface area contributed by atoms with Crippen LogP contribution in [0.5, 0.6) is 0 Å². The van der Waals surface area contributed by atoms with Gasteiger partial charge >= 0.3 is 0 Å². The lowest BCUT2D eigenvalue weighted by atomic mass is 10.0. The average Bonchev–Trinajstić information content (AvgIpc) is 2.92. The smallest absolute Gasteiger partial charge is 0.260 e. The summed E-state index contributed by atoms with van der Waals surface area (Å²) in [6, 6.07) is 1.54. The van der Waals surface area contributed by atoms with Crippen LogP contribution in [0.4, 0.5) is 0 Å². The third-order valence-corrected chi connectivity index (χ3v) is 5.09. The highest BCUT2D eigenvalue weighted by Gasteiger charge is 2.37. The number of likely N-dealkylation sites (N-methyl/N-ethyl adjacent to an activating group) is 1. The maximum atomic E-state index is 13.4. The lowest BCUT2D eigenvalue weighted by molar-refractivity contribution is -0.138. The van der Waals surface area contributed by atoms with Crippen molar-refractivity contribution in [2.75, 3.05) is 20.1 Å². The zero-order valence-electron chi connectivity index (χ0n) is 16.2. The molecule has 1 saturated heterocycles. The van der Waals surface area contributed by atoms with Crippen molar-refractivity contribution in [3.63, 3.8) is 0 Å². The van der Waals surface area contributed by atoms with E-state index in [9.17, 15) is 9.59 Å². The normalized spacial score (nSPS) is 18.0. The predicted octanol–water partition coefficient (Wildman–Crippen LogP) is 2.13. The van der Waals surface area contributed by atoms with Crippen molar-refractivity contribution >= 4 is 17.5 Å². The lowest BCUT2D eigenvalue weighted by Crippen LogP contribution is -2.57. The number of hydrogen-bond acceptors (Lipinski definition) is 4. The molecule has 1 fully saturated rings. The second-order valence-corrected chi connectivity index (χ2v) is 7.15. The van der Waals surface area contributed by atoms with Crippen LogP contribution in [-0.2, 0) is 4.79 Å². The number of fused-ring (bicyclic) bond motifs is 1. The van der Waals surface area contributed by atoms with Crippen LogP contribution in [0, 0.1) is 20.8 Å². The number of aryl methyl sites for hydroxylation is 3. The van der Waals surface area contributed by atoms with Crippen LogP contribution < -0.4 is 0 Å². The van der Waals surface area contributed by atoms with Gasteiger partial charge in [-0.1, -0.05) is 19.8 Å². The minimum Gasteiger partial charge on any atom is -0.342 e. The van der Waals surface area contributed by atoms with Gasteiger partial charge in [0.1, 0.15) is 11.6 Å². The molecule has 1 aliphatic heterocycles. The number of piperazine rings is 1. The van der Waals surface area contributed by atoms with Gasteiger partial charge in [0.2, 0.25) is 5.91 Å². The molecule has 1 atom stereocenters. The highest BCUT2D eigenvalue weighted by atomic mass is 16.2. The molecule has 0 spiro atoms. The molecule has 0 bridgehead atoms. The summed E-state index contributed by atoms with van der Waals surface area (Å²) < 4.78 is 1.72. The lowest BCUT2D eigenvalue weighted by Gasteiger charge is -2.39. The molecule has 0 saturated carbocycles. The number of unbranched alkanes of at least 4 members (excludes halogenated alkanes) is 1. The van der Waals surface area contributed by atoms with Gasteiger partial charge in [-0.25, -0.2) is 9.50 Å². The van der Waals surface area contributed by atoms with Gasteiger partial charge < -0.3 is 9.80 Å². The molecule has 0 N–H and O–H groups in total. The maximum Gasteiger partial charge on any atom is 0.260 e. The molecule has 140 valence electrons. The van der Waals surface area contributed by atoms with E-state index in [0.29, 0.717) is 36.4 Å². The van der Waals surface area contributed by atoms with Crippen LogP contribution in [0.25, 0.3) is 5.65 Å². The molecular formula is C19H27N5O2. The molecular weight excluding hydrogens is 330 g/mol. The summed E-state index contributed by atoms with van der Waals surface area (Å²) in [7, 11) is 1.80. The summed E-state index contributed by atoms with van der Waals surface area (Å²) in [4.78, 5) is 34.1. The second-order valence-electron chi connectivity index (χ2n) is 7.15. The van der Waals surface area contributed by atoms with Crippen molar-refractivity contribution in [1.29, 1.82) is 0 Å². The molecule has 1 aliphatic rings. The first-order valence-electron chi connectivity index (χ1n) is 9.24. The standard InChI is InChI=1S/C19H27N5O2/c1-6-7-8-15-18(25)22(5)9-10-23(15)19(26)16-14(4)21-24-13(3)11-12(2)20-17(16)24/h11,15H,6-10H2,1-5H3/t15-/m1/s1. The Kier molecular flexibility index (Phi) is 4.98. The van der Waals surface area contributed by atoms with Gasteiger partial charge in [0.25, 0.3) is 5.91 Å². The Bertz CT molecular complexity index is 857. The number of carbonyl (C=O) groups excluding carboxylic acids is 2. The average molecular weight is 357 g/mol. The Morgan fingerprint density at radius 3 is 2.69 bits per heavy atom. The maximum absolute atomic E-state index is 13.4. The minimum absolute atomic E-state index is 0.0208. The molecule has 0 aliphatic carbocycles. The Hall–Kier alpha value is -2.44. The first kappa shape index (κ1) is 18.4. The van der Waals surface area contributed by atoms with Crippen molar-refractivity contribution in [2.24, 2.45) is 0 Å². The SMILES string of the molecule is CCCC[C@@H]1C(=O)N(C)CCN1C(=O)c1c(C)nn2c(C)cc(C)nc12. The molecule has 2 aromatic heterocycles. The fraction of sp³-hybridized carbons (Fsp3) is 0.579. The Balaban J connectivity index is 2.03. The van der Waals surface area contributed by atoms with Gasteiger partial charge in [-0.05, 0) is 33.3 Å². The van der Waals surface area contributed by atoms with E-state index in [2.05, 4.69) is 17.0 Å². The summed E-state index contributed by atoms with van der Waals surface area (Å²) in [6.07, 6.45) is 2.60. The molecule has 3 rings (SSSR count). The molecule has 0 aromatic carbocycles. The topological polar surface area (TPSA) is 70.8 Å². The van der Waals surface area contributed by atoms with Gasteiger partial charge in [-0.3, -0.25) is 9.59 Å². The summed E-state index contributed by atoms with van der Waals surface area (Å²) in [5.74, 6) is -0.120. The van der Waals surface area contributed by atoms with E-state index in [4.69, 9.17) is 0 Å². The molecule has 2 aromatic rings. The van der Waals surface area contributed by atoms with E-state index >= 15 is 0 Å². The van der Waals surface area contributed by atoms with Crippen LogP contribution >= 0.6 is 0 Å². The molecule has 7 heteroatoms. The minimum atomic E-state index is -0.401. The van der Waals surface area contributed by atoms with Crippen LogP contribution in [0.1, 0.15) is 53.6 Å². The third-order valence-electron chi connectivity index (χ3n) is 5.09. The summed E-state index contributed by atoms with van der Waals surface area (Å²) in [5, 5.41) is 4.50. The van der Waals surface area contributed by atoms with E-state index in [1.54, 1.807) is 21.4 Å². The summed E-state index contributed by atoms with van der Waals surface area (Å²) in [6.45, 7) is 8.87. The van der Waals surface area contributed by atoms with Crippen molar-refractivity contribution in [3.05, 3.63) is 28.7 Å². The number of aromatic nitrogens is 3. The van der Waals surface area contributed by atoms with Crippen LogP contribution in [0.2, 0.25) is 0 Å². The fourth-order valence-electron chi connectivity index (χ4n) is 3.65. The highest BCUT2D eigenvalue weighted by Crippen LogP contribution is 2.23. The van der Waals surface area contributed by atoms with Crippen molar-refractivity contribution in [1.82, 2.24) is 24.4 Å². The molecule has 3 heterocycles. The van der Waals surface area contributed by atoms with E-state index in [-0.39, 0.29) is 11.8 Å². The van der Waals surface area contributed by atoms with Crippen molar-refractivity contribution in [2.45, 2.75) is 53.0 Å². The van der Waals surface area contributed by atoms with E-state index in [0.717, 1.165) is 24.2 Å². The van der Waals surface area contributed by atoms with Gasteiger partial charge in [0.05, 0.1) is 5.69 Å². The Morgan fingerprint density at radius 1 is 1.27 bits per heavy atom. The molecule has 2 amide bonds.